The Kier molecular flexibility index (Phi) is 11.3. The molecule has 0 saturated carbocycles. The Bertz CT molecular complexity index is 584. The van der Waals surface area contributed by atoms with Gasteiger partial charge in [0, 0.05) is 0 Å². The maximum atomic E-state index is 12.6. The smallest absolute Gasteiger partial charge is 0.328 e. The summed E-state index contributed by atoms with van der Waals surface area (Å²) in [6.45, 7) is 5.06. The molecule has 0 fully saturated rings. The third kappa shape index (κ3) is 8.31. The van der Waals surface area contributed by atoms with E-state index in [-0.39, 0.29) is 0 Å². The van der Waals surface area contributed by atoms with E-state index >= 15 is 0 Å². The summed E-state index contributed by atoms with van der Waals surface area (Å²) in [5.41, 5.74) is 5.51. The highest BCUT2D eigenvalue weighted by Crippen LogP contribution is 2.09. The molecule has 0 aromatic rings. The molecular formula is C17H32N4O8. The molecule has 12 heteroatoms. The Labute approximate surface area is 168 Å². The van der Waals surface area contributed by atoms with Gasteiger partial charge in [0.15, 0.2) is 0 Å². The number of hydrogen-bond acceptors (Lipinski definition) is 8. The van der Waals surface area contributed by atoms with E-state index in [2.05, 4.69) is 16.0 Å². The summed E-state index contributed by atoms with van der Waals surface area (Å²) >= 11 is 0. The van der Waals surface area contributed by atoms with Crippen LogP contribution in [0.2, 0.25) is 0 Å². The zero-order valence-corrected chi connectivity index (χ0v) is 17.0. The van der Waals surface area contributed by atoms with Gasteiger partial charge in [-0.25, -0.2) is 4.79 Å². The van der Waals surface area contributed by atoms with Crippen molar-refractivity contribution >= 4 is 23.7 Å². The standard InChI is InChI=1S/C17H32N4O8/c1-5-7(2)12(15(26)19-10(6-22)17(28)29)20-16(27)13(9(4)24)21-14(25)11(18)8(3)23/h7-13,22-24H,5-6,18H2,1-4H3,(H,19,26)(H,20,27)(H,21,25)(H,28,29). The maximum absolute atomic E-state index is 12.6. The number of carbonyl (C=O) groups is 4. The second-order valence-corrected chi connectivity index (χ2v) is 6.95. The molecule has 7 unspecified atom stereocenters. The number of aliphatic hydroxyl groups is 3. The Morgan fingerprint density at radius 2 is 1.34 bits per heavy atom. The van der Waals surface area contributed by atoms with Crippen LogP contribution in [-0.4, -0.2) is 87.1 Å². The number of carboxylic acids is 1. The molecule has 9 N–H and O–H groups in total. The van der Waals surface area contributed by atoms with Crippen molar-refractivity contribution in [2.45, 2.75) is 70.5 Å². The van der Waals surface area contributed by atoms with Gasteiger partial charge in [-0.15, -0.1) is 0 Å². The molecule has 0 aromatic heterocycles. The topological polar surface area (TPSA) is 211 Å². The van der Waals surface area contributed by atoms with Gasteiger partial charge in [-0.1, -0.05) is 20.3 Å². The zero-order valence-electron chi connectivity index (χ0n) is 17.0. The third-order valence-electron chi connectivity index (χ3n) is 4.48. The molecule has 0 aromatic carbocycles. The fourth-order valence-corrected chi connectivity index (χ4v) is 2.27. The average Bonchev–Trinajstić information content (AvgIpc) is 2.65. The van der Waals surface area contributed by atoms with Gasteiger partial charge >= 0.3 is 5.97 Å². The van der Waals surface area contributed by atoms with E-state index < -0.39 is 72.6 Å². The number of rotatable bonds is 12. The molecule has 0 aliphatic rings. The molecule has 0 radical (unpaired) electrons. The van der Waals surface area contributed by atoms with E-state index in [1.807, 2.05) is 0 Å². The number of aliphatic carboxylic acids is 1. The molecule has 0 spiro atoms. The van der Waals surface area contributed by atoms with Crippen molar-refractivity contribution in [3.63, 3.8) is 0 Å². The lowest BCUT2D eigenvalue weighted by molar-refractivity contribution is -0.144. The first kappa shape index (κ1) is 26.7. The summed E-state index contributed by atoms with van der Waals surface area (Å²) in [6, 6.07) is -5.55. The highest BCUT2D eigenvalue weighted by molar-refractivity contribution is 5.94. The van der Waals surface area contributed by atoms with Gasteiger partial charge in [0.2, 0.25) is 17.7 Å². The molecule has 12 nitrogen and oxygen atoms in total. The molecule has 29 heavy (non-hydrogen) atoms. The first-order chi connectivity index (χ1) is 13.4. The Balaban J connectivity index is 5.42. The van der Waals surface area contributed by atoms with Crippen molar-refractivity contribution in [2.75, 3.05) is 6.61 Å². The Morgan fingerprint density at radius 3 is 1.72 bits per heavy atom. The van der Waals surface area contributed by atoms with E-state index in [0.717, 1.165) is 0 Å². The minimum absolute atomic E-state index is 0.433. The zero-order chi connectivity index (χ0) is 22.9. The molecule has 0 heterocycles. The van der Waals surface area contributed by atoms with Crippen molar-refractivity contribution in [1.82, 2.24) is 16.0 Å². The van der Waals surface area contributed by atoms with E-state index in [9.17, 15) is 29.4 Å². The normalized spacial score (nSPS) is 18.3. The van der Waals surface area contributed by atoms with Crippen molar-refractivity contribution in [3.8, 4) is 0 Å². The number of carboxylic acid groups (broad SMARTS) is 1. The molecule has 0 aliphatic carbocycles. The minimum atomic E-state index is -1.55. The lowest BCUT2D eigenvalue weighted by atomic mass is 9.97. The van der Waals surface area contributed by atoms with E-state index in [4.69, 9.17) is 15.9 Å². The fraction of sp³-hybridized carbons (Fsp3) is 0.765. The highest BCUT2D eigenvalue weighted by atomic mass is 16.4. The van der Waals surface area contributed by atoms with Crippen LogP contribution in [0.25, 0.3) is 0 Å². The van der Waals surface area contributed by atoms with Gasteiger partial charge in [0.05, 0.1) is 18.8 Å². The predicted octanol–water partition coefficient (Wildman–Crippen LogP) is -3.35. The van der Waals surface area contributed by atoms with Gasteiger partial charge in [-0.05, 0) is 19.8 Å². The van der Waals surface area contributed by atoms with Crippen molar-refractivity contribution in [1.29, 1.82) is 0 Å². The summed E-state index contributed by atoms with van der Waals surface area (Å²) in [5.74, 6) is -4.50. The van der Waals surface area contributed by atoms with Crippen LogP contribution < -0.4 is 21.7 Å². The van der Waals surface area contributed by atoms with E-state index in [0.29, 0.717) is 6.42 Å². The predicted molar refractivity (Wildman–Crippen MR) is 101 cm³/mol. The average molecular weight is 420 g/mol. The highest BCUT2D eigenvalue weighted by Gasteiger charge is 2.34. The molecule has 0 saturated heterocycles. The fourth-order valence-electron chi connectivity index (χ4n) is 2.27. The van der Waals surface area contributed by atoms with Crippen LogP contribution in [0.5, 0.6) is 0 Å². The summed E-state index contributed by atoms with van der Waals surface area (Å²) in [4.78, 5) is 48.1. The summed E-state index contributed by atoms with van der Waals surface area (Å²) in [6.07, 6.45) is -2.11. The molecule has 0 rings (SSSR count). The monoisotopic (exact) mass is 420 g/mol. The van der Waals surface area contributed by atoms with E-state index in [1.165, 1.54) is 13.8 Å². The summed E-state index contributed by atoms with van der Waals surface area (Å²) in [7, 11) is 0. The lowest BCUT2D eigenvalue weighted by Gasteiger charge is -2.29. The number of aliphatic hydroxyl groups excluding tert-OH is 3. The Morgan fingerprint density at radius 1 is 0.862 bits per heavy atom. The SMILES string of the molecule is CCC(C)C(NC(=O)C(NC(=O)C(N)C(C)O)C(C)O)C(=O)NC(CO)C(=O)O. The van der Waals surface area contributed by atoms with Crippen molar-refractivity contribution in [3.05, 3.63) is 0 Å². The van der Waals surface area contributed by atoms with Gasteiger partial charge in [0.1, 0.15) is 24.2 Å². The number of nitrogens with two attached hydrogens (primary N) is 1. The lowest BCUT2D eigenvalue weighted by Crippen LogP contribution is -2.61. The first-order valence-electron chi connectivity index (χ1n) is 9.23. The van der Waals surface area contributed by atoms with Gasteiger partial charge in [-0.3, -0.25) is 14.4 Å². The number of amides is 3. The minimum Gasteiger partial charge on any atom is -0.480 e. The van der Waals surface area contributed by atoms with Crippen LogP contribution in [-0.2, 0) is 19.2 Å². The van der Waals surface area contributed by atoms with Crippen molar-refractivity contribution < 1.29 is 39.6 Å². The van der Waals surface area contributed by atoms with Crippen LogP contribution in [0.4, 0.5) is 0 Å². The molecule has 0 bridgehead atoms. The molecule has 7 atom stereocenters. The summed E-state index contributed by atoms with van der Waals surface area (Å²) < 4.78 is 0. The maximum Gasteiger partial charge on any atom is 0.328 e. The van der Waals surface area contributed by atoms with Crippen molar-refractivity contribution in [2.24, 2.45) is 11.7 Å². The molecule has 3 amide bonds. The van der Waals surface area contributed by atoms with Crippen LogP contribution in [0.15, 0.2) is 0 Å². The van der Waals surface area contributed by atoms with Crippen LogP contribution in [0, 0.1) is 5.92 Å². The number of carbonyl (C=O) groups excluding carboxylic acids is 3. The quantitative estimate of drug-likeness (QED) is 0.158. The number of nitrogens with one attached hydrogen (secondary N) is 3. The molecule has 0 aliphatic heterocycles. The van der Waals surface area contributed by atoms with Gasteiger partial charge in [-0.2, -0.15) is 0 Å². The Hall–Kier alpha value is -2.28. The molecule has 168 valence electrons. The number of hydrogen-bond donors (Lipinski definition) is 8. The first-order valence-corrected chi connectivity index (χ1v) is 9.23. The van der Waals surface area contributed by atoms with Crippen LogP contribution in [0.3, 0.4) is 0 Å². The largest absolute Gasteiger partial charge is 0.480 e. The van der Waals surface area contributed by atoms with Crippen LogP contribution >= 0.6 is 0 Å². The second-order valence-electron chi connectivity index (χ2n) is 6.95. The molecular weight excluding hydrogens is 388 g/mol. The van der Waals surface area contributed by atoms with E-state index in [1.54, 1.807) is 13.8 Å². The van der Waals surface area contributed by atoms with Gasteiger partial charge < -0.3 is 42.1 Å². The van der Waals surface area contributed by atoms with Gasteiger partial charge in [0.25, 0.3) is 0 Å². The summed E-state index contributed by atoms with van der Waals surface area (Å²) in [5, 5.41) is 44.0. The van der Waals surface area contributed by atoms with Crippen LogP contribution in [0.1, 0.15) is 34.1 Å². The second kappa shape index (κ2) is 12.3. The third-order valence-corrected chi connectivity index (χ3v) is 4.48.